The first-order valence-corrected chi connectivity index (χ1v) is 8.55. The molecule has 0 aliphatic rings. The number of hydrogen-bond acceptors (Lipinski definition) is 6. The molecule has 0 saturated heterocycles. The van der Waals surface area contributed by atoms with Crippen LogP contribution >= 0.6 is 0 Å². The van der Waals surface area contributed by atoms with Crippen LogP contribution in [0.25, 0.3) is 0 Å². The number of anilines is 1. The molecular formula is C20H23N3O5. The Morgan fingerprint density at radius 1 is 1.04 bits per heavy atom. The fraction of sp³-hybridized carbons (Fsp3) is 0.250. The maximum absolute atomic E-state index is 12.3. The molecule has 0 atom stereocenters. The number of nitrogens with zero attached hydrogens (tertiary/aromatic N) is 1. The minimum atomic E-state index is -0.406. The van der Waals surface area contributed by atoms with Crippen LogP contribution < -0.4 is 25.0 Å². The fourth-order valence-corrected chi connectivity index (χ4v) is 2.39. The van der Waals surface area contributed by atoms with Crippen molar-refractivity contribution in [1.29, 1.82) is 0 Å². The van der Waals surface area contributed by atoms with Gasteiger partial charge in [-0.3, -0.25) is 9.59 Å². The molecule has 2 N–H and O–H groups in total. The van der Waals surface area contributed by atoms with Crippen LogP contribution in [0, 0.1) is 0 Å². The molecule has 2 amide bonds. The molecular weight excluding hydrogens is 362 g/mol. The quantitative estimate of drug-likeness (QED) is 0.538. The molecule has 0 spiro atoms. The number of nitrogens with one attached hydrogen (secondary N) is 2. The van der Waals surface area contributed by atoms with Gasteiger partial charge in [-0.2, -0.15) is 5.10 Å². The van der Waals surface area contributed by atoms with Gasteiger partial charge in [-0.05, 0) is 30.3 Å². The smallest absolute Gasteiger partial charge is 0.271 e. The summed E-state index contributed by atoms with van der Waals surface area (Å²) in [6.45, 7) is 1.75. The molecule has 2 rings (SSSR count). The fourth-order valence-electron chi connectivity index (χ4n) is 2.39. The summed E-state index contributed by atoms with van der Waals surface area (Å²) in [6.07, 6.45) is 1.82. The second-order valence-electron chi connectivity index (χ2n) is 5.64. The van der Waals surface area contributed by atoms with Crippen molar-refractivity contribution in [3.05, 3.63) is 47.5 Å². The van der Waals surface area contributed by atoms with E-state index in [-0.39, 0.29) is 5.91 Å². The highest BCUT2D eigenvalue weighted by atomic mass is 16.5. The third-order valence-corrected chi connectivity index (χ3v) is 3.80. The number of carbonyl (C=O) groups excluding carboxylic acids is 2. The number of hydrazone groups is 1. The molecule has 0 unspecified atom stereocenters. The molecule has 0 fully saturated rings. The van der Waals surface area contributed by atoms with Crippen molar-refractivity contribution in [3.8, 4) is 17.2 Å². The maximum atomic E-state index is 12.3. The number of carbonyl (C=O) groups is 2. The number of benzene rings is 2. The van der Waals surface area contributed by atoms with E-state index in [1.165, 1.54) is 27.5 Å². The summed E-state index contributed by atoms with van der Waals surface area (Å²) in [5.74, 6) is 0.898. The van der Waals surface area contributed by atoms with Crippen molar-refractivity contribution in [1.82, 2.24) is 5.43 Å². The normalized spacial score (nSPS) is 10.4. The van der Waals surface area contributed by atoms with Gasteiger partial charge in [0.1, 0.15) is 0 Å². The minimum Gasteiger partial charge on any atom is -0.493 e. The molecule has 0 aliphatic carbocycles. The average molecular weight is 385 g/mol. The van der Waals surface area contributed by atoms with Crippen LogP contribution in [0.5, 0.6) is 17.2 Å². The summed E-state index contributed by atoms with van der Waals surface area (Å²) in [7, 11) is 4.56. The third kappa shape index (κ3) is 5.23. The molecule has 2 aromatic carbocycles. The van der Waals surface area contributed by atoms with Crippen LogP contribution in [0.15, 0.2) is 41.5 Å². The number of rotatable bonds is 8. The molecule has 0 aliphatic heterocycles. The van der Waals surface area contributed by atoms with Gasteiger partial charge in [0.05, 0.1) is 27.5 Å². The largest absolute Gasteiger partial charge is 0.493 e. The number of amides is 2. The van der Waals surface area contributed by atoms with Gasteiger partial charge < -0.3 is 19.5 Å². The van der Waals surface area contributed by atoms with E-state index in [1.54, 1.807) is 43.3 Å². The van der Waals surface area contributed by atoms with E-state index in [0.29, 0.717) is 40.5 Å². The van der Waals surface area contributed by atoms with E-state index in [1.807, 2.05) is 0 Å². The number of methoxy groups -OCH3 is 3. The highest BCUT2D eigenvalue weighted by molar-refractivity contribution is 5.97. The monoisotopic (exact) mass is 385 g/mol. The van der Waals surface area contributed by atoms with Crippen LogP contribution in [-0.2, 0) is 4.79 Å². The Hall–Kier alpha value is -3.55. The Bertz CT molecular complexity index is 855. The second-order valence-corrected chi connectivity index (χ2v) is 5.64. The minimum absolute atomic E-state index is 0.127. The predicted molar refractivity (Wildman–Crippen MR) is 107 cm³/mol. The Balaban J connectivity index is 2.11. The van der Waals surface area contributed by atoms with Crippen LogP contribution in [0.3, 0.4) is 0 Å². The molecule has 0 heterocycles. The van der Waals surface area contributed by atoms with Crippen molar-refractivity contribution in [2.75, 3.05) is 26.6 Å². The van der Waals surface area contributed by atoms with E-state index < -0.39 is 5.91 Å². The highest BCUT2D eigenvalue weighted by Crippen LogP contribution is 2.37. The standard InChI is InChI=1S/C20H23N3O5/c1-5-18(24)22-15-8-6-7-14(11-15)20(25)23-21-12-13-9-16(26-2)19(28-4)17(10-13)27-3/h6-12H,5H2,1-4H3,(H,22,24)(H,23,25)/b21-12+. The Kier molecular flexibility index (Phi) is 7.38. The topological polar surface area (TPSA) is 98.3 Å². The number of hydrogen-bond donors (Lipinski definition) is 2. The maximum Gasteiger partial charge on any atom is 0.271 e. The molecule has 8 nitrogen and oxygen atoms in total. The van der Waals surface area contributed by atoms with E-state index >= 15 is 0 Å². The van der Waals surface area contributed by atoms with Crippen molar-refractivity contribution in [2.45, 2.75) is 13.3 Å². The lowest BCUT2D eigenvalue weighted by atomic mass is 10.2. The zero-order valence-electron chi connectivity index (χ0n) is 16.2. The molecule has 148 valence electrons. The van der Waals surface area contributed by atoms with Crippen molar-refractivity contribution >= 4 is 23.7 Å². The average Bonchev–Trinajstić information content (AvgIpc) is 2.72. The van der Waals surface area contributed by atoms with Gasteiger partial charge in [0, 0.05) is 23.2 Å². The van der Waals surface area contributed by atoms with E-state index in [9.17, 15) is 9.59 Å². The van der Waals surface area contributed by atoms with Crippen LogP contribution in [0.1, 0.15) is 29.3 Å². The third-order valence-electron chi connectivity index (χ3n) is 3.80. The molecule has 0 radical (unpaired) electrons. The summed E-state index contributed by atoms with van der Waals surface area (Å²) >= 11 is 0. The van der Waals surface area contributed by atoms with Crippen molar-refractivity contribution < 1.29 is 23.8 Å². The van der Waals surface area contributed by atoms with Crippen LogP contribution in [0.4, 0.5) is 5.69 Å². The molecule has 8 heteroatoms. The van der Waals surface area contributed by atoms with Crippen LogP contribution in [-0.4, -0.2) is 39.4 Å². The van der Waals surface area contributed by atoms with Crippen molar-refractivity contribution in [2.24, 2.45) is 5.10 Å². The molecule has 0 bridgehead atoms. The zero-order chi connectivity index (χ0) is 20.5. The molecule has 0 aromatic heterocycles. The van der Waals surface area contributed by atoms with E-state index in [2.05, 4.69) is 15.8 Å². The Morgan fingerprint density at radius 2 is 1.71 bits per heavy atom. The molecule has 0 saturated carbocycles. The van der Waals surface area contributed by atoms with Gasteiger partial charge >= 0.3 is 0 Å². The molecule has 2 aromatic rings. The lowest BCUT2D eigenvalue weighted by Crippen LogP contribution is -2.18. The van der Waals surface area contributed by atoms with Gasteiger partial charge in [-0.15, -0.1) is 0 Å². The summed E-state index contributed by atoms with van der Waals surface area (Å²) in [5, 5.41) is 6.68. The Labute approximate surface area is 163 Å². The first-order valence-electron chi connectivity index (χ1n) is 8.55. The zero-order valence-corrected chi connectivity index (χ0v) is 16.2. The summed E-state index contributed by atoms with van der Waals surface area (Å²) in [6, 6.07) is 10.0. The summed E-state index contributed by atoms with van der Waals surface area (Å²) in [4.78, 5) is 23.8. The van der Waals surface area contributed by atoms with Crippen LogP contribution in [0.2, 0.25) is 0 Å². The predicted octanol–water partition coefficient (Wildman–Crippen LogP) is 2.82. The number of ether oxygens (including phenoxy) is 3. The van der Waals surface area contributed by atoms with Gasteiger partial charge in [0.2, 0.25) is 11.7 Å². The second kappa shape index (κ2) is 9.96. The van der Waals surface area contributed by atoms with Gasteiger partial charge in [0.25, 0.3) is 5.91 Å². The highest BCUT2D eigenvalue weighted by Gasteiger charge is 2.12. The van der Waals surface area contributed by atoms with Gasteiger partial charge in [-0.1, -0.05) is 13.0 Å². The van der Waals surface area contributed by atoms with Gasteiger partial charge in [-0.25, -0.2) is 5.43 Å². The van der Waals surface area contributed by atoms with E-state index in [4.69, 9.17) is 14.2 Å². The Morgan fingerprint density at radius 3 is 2.29 bits per heavy atom. The first kappa shape index (κ1) is 20.8. The lowest BCUT2D eigenvalue weighted by Gasteiger charge is -2.12. The van der Waals surface area contributed by atoms with E-state index in [0.717, 1.165) is 0 Å². The first-order chi connectivity index (χ1) is 13.5. The summed E-state index contributed by atoms with van der Waals surface area (Å²) < 4.78 is 15.8. The van der Waals surface area contributed by atoms with Crippen molar-refractivity contribution in [3.63, 3.8) is 0 Å². The lowest BCUT2D eigenvalue weighted by molar-refractivity contribution is -0.115. The molecule has 28 heavy (non-hydrogen) atoms. The van der Waals surface area contributed by atoms with Gasteiger partial charge in [0.15, 0.2) is 11.5 Å². The SMILES string of the molecule is CCC(=O)Nc1cccc(C(=O)N/N=C/c2cc(OC)c(OC)c(OC)c2)c1. The summed E-state index contributed by atoms with van der Waals surface area (Å²) in [5.41, 5.74) is 4.02.